The van der Waals surface area contributed by atoms with Crippen molar-refractivity contribution in [3.05, 3.63) is 59.1 Å². The Balaban J connectivity index is 1.85. The highest BCUT2D eigenvalue weighted by molar-refractivity contribution is 7.17. The van der Waals surface area contributed by atoms with Crippen LogP contribution in [-0.2, 0) is 6.54 Å². The molecule has 3 rings (SSSR count). The monoisotopic (exact) mass is 312 g/mol. The van der Waals surface area contributed by atoms with E-state index >= 15 is 0 Å². The van der Waals surface area contributed by atoms with Crippen LogP contribution in [0.3, 0.4) is 0 Å². The topological polar surface area (TPSA) is 42.4 Å². The normalized spacial score (nSPS) is 10.6. The first-order chi connectivity index (χ1) is 10.7. The highest BCUT2D eigenvalue weighted by Gasteiger charge is 2.18. The van der Waals surface area contributed by atoms with E-state index in [2.05, 4.69) is 22.5 Å². The quantitative estimate of drug-likeness (QED) is 0.739. The van der Waals surface area contributed by atoms with Gasteiger partial charge in [0.25, 0.3) is 5.91 Å². The second-order valence-corrected chi connectivity index (χ2v) is 5.89. The van der Waals surface area contributed by atoms with E-state index in [-0.39, 0.29) is 5.91 Å². The summed E-state index contributed by atoms with van der Waals surface area (Å²) in [4.78, 5) is 18.4. The number of fused-ring (bicyclic) bond motifs is 1. The Bertz CT molecular complexity index is 813. The number of hydrogen-bond acceptors (Lipinski definition) is 4. The van der Waals surface area contributed by atoms with Crippen molar-refractivity contribution in [2.75, 3.05) is 14.2 Å². The number of aromatic nitrogens is 1. The number of rotatable bonds is 4. The Morgan fingerprint density at radius 3 is 2.91 bits per heavy atom. The minimum absolute atomic E-state index is 0.0970. The number of nitrogens with zero attached hydrogens (tertiary/aromatic N) is 2. The van der Waals surface area contributed by atoms with Gasteiger partial charge >= 0.3 is 0 Å². The number of methoxy groups -OCH3 is 1. The van der Waals surface area contributed by atoms with Gasteiger partial charge in [0.1, 0.15) is 5.56 Å². The van der Waals surface area contributed by atoms with Crippen molar-refractivity contribution in [1.82, 2.24) is 9.88 Å². The summed E-state index contributed by atoms with van der Waals surface area (Å²) in [6.45, 7) is 0.556. The summed E-state index contributed by atoms with van der Waals surface area (Å²) in [5, 5.41) is 3.31. The zero-order chi connectivity index (χ0) is 15.5. The van der Waals surface area contributed by atoms with Crippen LogP contribution in [0, 0.1) is 0 Å². The van der Waals surface area contributed by atoms with Crippen molar-refractivity contribution < 1.29 is 9.53 Å². The molecule has 0 atom stereocenters. The lowest BCUT2D eigenvalue weighted by Gasteiger charge is -2.18. The van der Waals surface area contributed by atoms with Gasteiger partial charge in [0.15, 0.2) is 0 Å². The first-order valence-corrected chi connectivity index (χ1v) is 7.78. The summed E-state index contributed by atoms with van der Waals surface area (Å²) < 4.78 is 6.40. The molecule has 3 aromatic rings. The molecule has 0 spiro atoms. The number of amides is 1. The Labute approximate surface area is 133 Å². The number of carbonyl (C=O) groups is 1. The lowest BCUT2D eigenvalue weighted by atomic mass is 10.1. The molecular formula is C17H16N2O2S. The summed E-state index contributed by atoms with van der Waals surface area (Å²) in [5.41, 5.74) is 1.63. The van der Waals surface area contributed by atoms with Crippen molar-refractivity contribution >= 4 is 27.3 Å². The zero-order valence-electron chi connectivity index (χ0n) is 12.4. The molecule has 0 saturated carbocycles. The van der Waals surface area contributed by atoms with Gasteiger partial charge in [-0.05, 0) is 34.5 Å². The number of benzene rings is 1. The third kappa shape index (κ3) is 2.67. The average Bonchev–Trinajstić information content (AvgIpc) is 2.97. The second kappa shape index (κ2) is 6.15. The number of hydrogen-bond donors (Lipinski definition) is 0. The molecule has 0 aliphatic rings. The van der Waals surface area contributed by atoms with E-state index in [1.165, 1.54) is 17.2 Å². The molecule has 2 heterocycles. The third-order valence-electron chi connectivity index (χ3n) is 3.51. The maximum Gasteiger partial charge on any atom is 0.259 e. The fraction of sp³-hybridized carbons (Fsp3) is 0.176. The molecule has 0 saturated heterocycles. The molecule has 0 fully saturated rings. The number of pyridine rings is 1. The average molecular weight is 312 g/mol. The van der Waals surface area contributed by atoms with E-state index in [1.54, 1.807) is 41.6 Å². The fourth-order valence-corrected chi connectivity index (χ4v) is 3.36. The van der Waals surface area contributed by atoms with Crippen molar-refractivity contribution in [2.45, 2.75) is 6.54 Å². The summed E-state index contributed by atoms with van der Waals surface area (Å²) in [6.07, 6.45) is 1.61. The maximum absolute atomic E-state index is 12.6. The van der Waals surface area contributed by atoms with Gasteiger partial charge in [0, 0.05) is 24.5 Å². The van der Waals surface area contributed by atoms with E-state index in [4.69, 9.17) is 4.74 Å². The lowest BCUT2D eigenvalue weighted by molar-refractivity contribution is 0.0781. The molecule has 0 N–H and O–H groups in total. The van der Waals surface area contributed by atoms with E-state index in [0.29, 0.717) is 18.0 Å². The van der Waals surface area contributed by atoms with Crippen molar-refractivity contribution in [3.63, 3.8) is 0 Å². The Morgan fingerprint density at radius 2 is 2.09 bits per heavy atom. The Hall–Kier alpha value is -2.40. The molecular weight excluding hydrogens is 296 g/mol. The molecule has 112 valence electrons. The number of thiophene rings is 1. The van der Waals surface area contributed by atoms with Crippen molar-refractivity contribution in [1.29, 1.82) is 0 Å². The van der Waals surface area contributed by atoms with Crippen molar-refractivity contribution in [2.24, 2.45) is 0 Å². The SMILES string of the molecule is COc1ncccc1C(=O)N(C)Cc1csc2ccccc12. The summed E-state index contributed by atoms with van der Waals surface area (Å²) in [6, 6.07) is 11.7. The fourth-order valence-electron chi connectivity index (χ4n) is 2.40. The van der Waals surface area contributed by atoms with E-state index in [9.17, 15) is 4.79 Å². The van der Waals surface area contributed by atoms with Gasteiger partial charge in [-0.25, -0.2) is 4.98 Å². The molecule has 1 amide bonds. The van der Waals surface area contributed by atoms with Crippen LogP contribution in [0.15, 0.2) is 48.0 Å². The molecule has 1 aromatic carbocycles. The number of carbonyl (C=O) groups excluding carboxylic acids is 1. The predicted molar refractivity (Wildman–Crippen MR) is 88.4 cm³/mol. The largest absolute Gasteiger partial charge is 0.480 e. The predicted octanol–water partition coefficient (Wildman–Crippen LogP) is 3.58. The zero-order valence-corrected chi connectivity index (χ0v) is 13.3. The summed E-state index contributed by atoms with van der Waals surface area (Å²) in [7, 11) is 3.31. The van der Waals surface area contributed by atoms with Crippen LogP contribution in [0.5, 0.6) is 5.88 Å². The van der Waals surface area contributed by atoms with E-state index in [0.717, 1.165) is 5.56 Å². The highest BCUT2D eigenvalue weighted by atomic mass is 32.1. The Morgan fingerprint density at radius 1 is 1.27 bits per heavy atom. The summed E-state index contributed by atoms with van der Waals surface area (Å²) >= 11 is 1.70. The molecule has 4 nitrogen and oxygen atoms in total. The minimum atomic E-state index is -0.0970. The molecule has 0 bridgehead atoms. The minimum Gasteiger partial charge on any atom is -0.480 e. The van der Waals surface area contributed by atoms with Gasteiger partial charge < -0.3 is 9.64 Å². The van der Waals surface area contributed by atoms with Crippen LogP contribution >= 0.6 is 11.3 Å². The molecule has 0 aliphatic carbocycles. The first kappa shape index (κ1) is 14.5. The van der Waals surface area contributed by atoms with Gasteiger partial charge in [-0.2, -0.15) is 0 Å². The molecule has 0 radical (unpaired) electrons. The lowest BCUT2D eigenvalue weighted by Crippen LogP contribution is -2.26. The van der Waals surface area contributed by atoms with Gasteiger partial charge in [-0.3, -0.25) is 4.79 Å². The summed E-state index contributed by atoms with van der Waals surface area (Å²) in [5.74, 6) is 0.259. The van der Waals surface area contributed by atoms with Crippen LogP contribution in [0.1, 0.15) is 15.9 Å². The van der Waals surface area contributed by atoms with Gasteiger partial charge in [-0.15, -0.1) is 11.3 Å². The molecule has 5 heteroatoms. The van der Waals surface area contributed by atoms with Crippen LogP contribution in [0.25, 0.3) is 10.1 Å². The second-order valence-electron chi connectivity index (χ2n) is 4.98. The van der Waals surface area contributed by atoms with E-state index < -0.39 is 0 Å². The van der Waals surface area contributed by atoms with Crippen LogP contribution in [0.4, 0.5) is 0 Å². The molecule has 0 aliphatic heterocycles. The molecule has 0 unspecified atom stereocenters. The van der Waals surface area contributed by atoms with Crippen molar-refractivity contribution in [3.8, 4) is 5.88 Å². The van der Waals surface area contributed by atoms with Gasteiger partial charge in [0.05, 0.1) is 7.11 Å². The highest BCUT2D eigenvalue weighted by Crippen LogP contribution is 2.27. The van der Waals surface area contributed by atoms with Gasteiger partial charge in [0.2, 0.25) is 5.88 Å². The van der Waals surface area contributed by atoms with Gasteiger partial charge in [-0.1, -0.05) is 18.2 Å². The molecule has 22 heavy (non-hydrogen) atoms. The standard InChI is InChI=1S/C17H16N2O2S/c1-19(17(20)14-7-5-9-18-16(14)21-2)10-12-11-22-15-8-4-3-6-13(12)15/h3-9,11H,10H2,1-2H3. The number of ether oxygens (including phenoxy) is 1. The van der Waals surface area contributed by atoms with Crippen LogP contribution in [-0.4, -0.2) is 29.9 Å². The Kier molecular flexibility index (Phi) is 4.06. The first-order valence-electron chi connectivity index (χ1n) is 6.90. The molecule has 2 aromatic heterocycles. The van der Waals surface area contributed by atoms with Crippen LogP contribution in [0.2, 0.25) is 0 Å². The maximum atomic E-state index is 12.6. The smallest absolute Gasteiger partial charge is 0.259 e. The third-order valence-corrected chi connectivity index (χ3v) is 4.52. The van der Waals surface area contributed by atoms with Crippen LogP contribution < -0.4 is 4.74 Å². The van der Waals surface area contributed by atoms with E-state index in [1.807, 2.05) is 12.1 Å².